The van der Waals surface area contributed by atoms with Gasteiger partial charge in [0.25, 0.3) is 5.91 Å². The number of rotatable bonds is 4. The highest BCUT2D eigenvalue weighted by Gasteiger charge is 2.33. The van der Waals surface area contributed by atoms with Gasteiger partial charge in [-0.1, -0.05) is 16.8 Å². The van der Waals surface area contributed by atoms with E-state index in [0.29, 0.717) is 23.0 Å². The lowest BCUT2D eigenvalue weighted by molar-refractivity contribution is 0.0714. The summed E-state index contributed by atoms with van der Waals surface area (Å²) in [5, 5.41) is 4.25. The Morgan fingerprint density at radius 3 is 2.88 bits per heavy atom. The van der Waals surface area contributed by atoms with Crippen molar-refractivity contribution in [1.29, 1.82) is 0 Å². The summed E-state index contributed by atoms with van der Waals surface area (Å²) >= 11 is 6.19. The summed E-state index contributed by atoms with van der Waals surface area (Å²) < 4.78 is 10.9. The van der Waals surface area contributed by atoms with Gasteiger partial charge in [0.05, 0.1) is 23.4 Å². The molecule has 1 atom stereocenters. The van der Waals surface area contributed by atoms with Gasteiger partial charge >= 0.3 is 0 Å². The highest BCUT2D eigenvalue weighted by atomic mass is 35.5. The van der Waals surface area contributed by atoms with Crippen LogP contribution in [-0.4, -0.2) is 33.6 Å². The van der Waals surface area contributed by atoms with Crippen molar-refractivity contribution in [2.24, 2.45) is 0 Å². The largest absolute Gasteiger partial charge is 0.474 e. The van der Waals surface area contributed by atoms with E-state index in [9.17, 15) is 4.79 Å². The van der Waals surface area contributed by atoms with E-state index in [-0.39, 0.29) is 18.1 Å². The van der Waals surface area contributed by atoms with E-state index in [1.807, 2.05) is 26.8 Å². The van der Waals surface area contributed by atoms with E-state index in [0.717, 1.165) is 24.3 Å². The highest BCUT2D eigenvalue weighted by molar-refractivity contribution is 6.32. The first-order valence-electron chi connectivity index (χ1n) is 8.02. The third-order valence-electron chi connectivity index (χ3n) is 3.89. The highest BCUT2D eigenvalue weighted by Crippen LogP contribution is 2.34. The summed E-state index contributed by atoms with van der Waals surface area (Å²) in [5.74, 6) is 0.946. The Morgan fingerprint density at radius 1 is 1.46 bits per heavy atom. The van der Waals surface area contributed by atoms with Crippen molar-refractivity contribution < 1.29 is 14.1 Å². The number of hydrogen-bond acceptors (Lipinski definition) is 5. The number of aryl methyl sites for hydroxylation is 1. The molecular formula is C17H20ClN3O3. The maximum absolute atomic E-state index is 12.8. The average molecular weight is 350 g/mol. The van der Waals surface area contributed by atoms with Crippen LogP contribution in [0.25, 0.3) is 0 Å². The third-order valence-corrected chi connectivity index (χ3v) is 4.16. The Labute approximate surface area is 145 Å². The van der Waals surface area contributed by atoms with Gasteiger partial charge in [0, 0.05) is 18.8 Å². The van der Waals surface area contributed by atoms with E-state index in [1.165, 1.54) is 6.20 Å². The number of aromatic nitrogens is 2. The molecule has 128 valence electrons. The number of likely N-dealkylation sites (tertiary alicyclic amines) is 1. The second-order valence-electron chi connectivity index (χ2n) is 6.20. The predicted molar refractivity (Wildman–Crippen MR) is 89.3 cm³/mol. The molecule has 7 heteroatoms. The van der Waals surface area contributed by atoms with Crippen molar-refractivity contribution in [2.45, 2.75) is 45.8 Å². The second-order valence-corrected chi connectivity index (χ2v) is 6.61. The lowest BCUT2D eigenvalue weighted by atomic mass is 10.1. The maximum atomic E-state index is 12.8. The van der Waals surface area contributed by atoms with Crippen molar-refractivity contribution in [3.05, 3.63) is 40.4 Å². The molecule has 6 nitrogen and oxygen atoms in total. The van der Waals surface area contributed by atoms with Crippen molar-refractivity contribution >= 4 is 17.5 Å². The number of carbonyl (C=O) groups is 1. The number of ether oxygens (including phenoxy) is 1. The number of carbonyl (C=O) groups excluding carboxylic acids is 1. The SMILES string of the molecule is Cc1cc([C@@H]2CCCN2C(=O)c2cnc(OC(C)C)c(Cl)c2)on1. The van der Waals surface area contributed by atoms with Crippen LogP contribution in [0.5, 0.6) is 5.88 Å². The molecule has 24 heavy (non-hydrogen) atoms. The summed E-state index contributed by atoms with van der Waals surface area (Å²) in [6.45, 7) is 6.33. The van der Waals surface area contributed by atoms with E-state index in [2.05, 4.69) is 10.1 Å². The predicted octanol–water partition coefficient (Wildman–Crippen LogP) is 3.80. The fourth-order valence-electron chi connectivity index (χ4n) is 2.86. The number of pyridine rings is 1. The van der Waals surface area contributed by atoms with Crippen molar-refractivity contribution in [1.82, 2.24) is 15.0 Å². The molecule has 0 unspecified atom stereocenters. The minimum Gasteiger partial charge on any atom is -0.474 e. The Bertz CT molecular complexity index is 744. The van der Waals surface area contributed by atoms with Crippen LogP contribution in [0.3, 0.4) is 0 Å². The molecule has 2 aromatic rings. The van der Waals surface area contributed by atoms with Crippen molar-refractivity contribution in [3.8, 4) is 5.88 Å². The minimum absolute atomic E-state index is 0.0331. The Hall–Kier alpha value is -2.08. The van der Waals surface area contributed by atoms with Crippen LogP contribution in [-0.2, 0) is 0 Å². The molecule has 1 saturated heterocycles. The van der Waals surface area contributed by atoms with E-state index in [4.69, 9.17) is 20.9 Å². The van der Waals surface area contributed by atoms with Crippen LogP contribution in [0.4, 0.5) is 0 Å². The van der Waals surface area contributed by atoms with Gasteiger partial charge in [-0.25, -0.2) is 4.98 Å². The van der Waals surface area contributed by atoms with Crippen LogP contribution < -0.4 is 4.74 Å². The quantitative estimate of drug-likeness (QED) is 0.839. The number of amides is 1. The third kappa shape index (κ3) is 3.38. The van der Waals surface area contributed by atoms with Gasteiger partial charge in [-0.15, -0.1) is 0 Å². The normalized spacial score (nSPS) is 17.5. The number of hydrogen-bond donors (Lipinski definition) is 0. The Balaban J connectivity index is 1.81. The average Bonchev–Trinajstić information content (AvgIpc) is 3.16. The van der Waals surface area contributed by atoms with Gasteiger partial charge in [0.2, 0.25) is 5.88 Å². The van der Waals surface area contributed by atoms with Crippen LogP contribution in [0.15, 0.2) is 22.9 Å². The first kappa shape index (κ1) is 16.8. The smallest absolute Gasteiger partial charge is 0.256 e. The lowest BCUT2D eigenvalue weighted by Crippen LogP contribution is -2.30. The molecule has 1 aliphatic heterocycles. The fourth-order valence-corrected chi connectivity index (χ4v) is 3.07. The Kier molecular flexibility index (Phi) is 4.76. The van der Waals surface area contributed by atoms with Gasteiger partial charge in [0.15, 0.2) is 5.76 Å². The molecule has 0 saturated carbocycles. The molecule has 1 fully saturated rings. The number of nitrogens with zero attached hydrogens (tertiary/aromatic N) is 3. The van der Waals surface area contributed by atoms with Crippen LogP contribution in [0, 0.1) is 6.92 Å². The van der Waals surface area contributed by atoms with E-state index >= 15 is 0 Å². The zero-order chi connectivity index (χ0) is 17.3. The van der Waals surface area contributed by atoms with Gasteiger partial charge in [-0.05, 0) is 39.7 Å². The first-order chi connectivity index (χ1) is 11.5. The number of halogens is 1. The zero-order valence-corrected chi connectivity index (χ0v) is 14.7. The zero-order valence-electron chi connectivity index (χ0n) is 14.0. The molecular weight excluding hydrogens is 330 g/mol. The van der Waals surface area contributed by atoms with Gasteiger partial charge in [-0.2, -0.15) is 0 Å². The van der Waals surface area contributed by atoms with Gasteiger partial charge in [-0.3, -0.25) is 4.79 Å². The van der Waals surface area contributed by atoms with Crippen molar-refractivity contribution in [3.63, 3.8) is 0 Å². The van der Waals surface area contributed by atoms with Crippen LogP contribution >= 0.6 is 11.6 Å². The molecule has 2 aromatic heterocycles. The van der Waals surface area contributed by atoms with Crippen LogP contribution in [0.2, 0.25) is 5.02 Å². The summed E-state index contributed by atoms with van der Waals surface area (Å²) in [6, 6.07) is 3.39. The molecule has 1 amide bonds. The summed E-state index contributed by atoms with van der Waals surface area (Å²) in [4.78, 5) is 18.8. The van der Waals surface area contributed by atoms with Gasteiger partial charge in [0.1, 0.15) is 5.02 Å². The molecule has 1 aliphatic rings. The van der Waals surface area contributed by atoms with E-state index < -0.39 is 0 Å². The monoisotopic (exact) mass is 349 g/mol. The maximum Gasteiger partial charge on any atom is 0.256 e. The lowest BCUT2D eigenvalue weighted by Gasteiger charge is -2.22. The minimum atomic E-state index is -0.114. The molecule has 0 N–H and O–H groups in total. The van der Waals surface area contributed by atoms with Crippen molar-refractivity contribution in [2.75, 3.05) is 6.54 Å². The van der Waals surface area contributed by atoms with Gasteiger partial charge < -0.3 is 14.2 Å². The molecule has 3 heterocycles. The van der Waals surface area contributed by atoms with Crippen LogP contribution in [0.1, 0.15) is 54.5 Å². The fraction of sp³-hybridized carbons (Fsp3) is 0.471. The summed E-state index contributed by atoms with van der Waals surface area (Å²) in [7, 11) is 0. The standard InChI is InChI=1S/C17H20ClN3O3/c1-10(2)23-16-13(18)8-12(9-19-16)17(22)21-6-4-5-14(21)15-7-11(3)20-24-15/h7-10,14H,4-6H2,1-3H3/t14-/m0/s1. The Morgan fingerprint density at radius 2 is 2.25 bits per heavy atom. The topological polar surface area (TPSA) is 68.5 Å². The molecule has 0 spiro atoms. The second kappa shape index (κ2) is 6.81. The molecule has 0 radical (unpaired) electrons. The molecule has 0 bridgehead atoms. The van der Waals surface area contributed by atoms with E-state index in [1.54, 1.807) is 11.0 Å². The summed E-state index contributed by atoms with van der Waals surface area (Å²) in [6.07, 6.45) is 3.25. The molecule has 0 aliphatic carbocycles. The first-order valence-corrected chi connectivity index (χ1v) is 8.40. The summed E-state index contributed by atoms with van der Waals surface area (Å²) in [5.41, 5.74) is 1.25. The molecule has 3 rings (SSSR count). The molecule has 0 aromatic carbocycles.